The van der Waals surface area contributed by atoms with E-state index in [0.29, 0.717) is 24.1 Å². The molecule has 1 saturated carbocycles. The lowest BCUT2D eigenvalue weighted by Gasteiger charge is -2.17. The van der Waals surface area contributed by atoms with E-state index in [1.165, 1.54) is 11.8 Å². The first-order chi connectivity index (χ1) is 10.8. The molecule has 5 nitrogen and oxygen atoms in total. The van der Waals surface area contributed by atoms with Gasteiger partial charge in [-0.25, -0.2) is 0 Å². The fraction of sp³-hybridized carbons (Fsp3) is 0.438. The third-order valence-electron chi connectivity index (χ3n) is 3.56. The van der Waals surface area contributed by atoms with Gasteiger partial charge in [0.25, 0.3) is 5.22 Å². The van der Waals surface area contributed by atoms with Crippen molar-refractivity contribution in [2.45, 2.75) is 43.1 Å². The molecule has 2 aromatic rings. The van der Waals surface area contributed by atoms with Crippen LogP contribution >= 0.6 is 11.8 Å². The van der Waals surface area contributed by atoms with Crippen molar-refractivity contribution in [1.82, 2.24) is 10.2 Å². The van der Waals surface area contributed by atoms with Gasteiger partial charge in [-0.2, -0.15) is 0 Å². The van der Waals surface area contributed by atoms with Gasteiger partial charge in [0.1, 0.15) is 11.5 Å². The van der Waals surface area contributed by atoms with Crippen LogP contribution in [-0.4, -0.2) is 27.8 Å². The smallest absolute Gasteiger partial charge is 0.277 e. The van der Waals surface area contributed by atoms with Crippen molar-refractivity contribution in [3.63, 3.8) is 0 Å². The first-order valence-corrected chi connectivity index (χ1v) is 8.40. The van der Waals surface area contributed by atoms with Crippen molar-refractivity contribution in [2.24, 2.45) is 0 Å². The molecule has 22 heavy (non-hydrogen) atoms. The second-order valence-electron chi connectivity index (χ2n) is 5.15. The van der Waals surface area contributed by atoms with Gasteiger partial charge in [0.15, 0.2) is 0 Å². The van der Waals surface area contributed by atoms with Crippen LogP contribution in [0.3, 0.4) is 0 Å². The Labute approximate surface area is 133 Å². The number of carbonyl (C=O) groups is 1. The van der Waals surface area contributed by atoms with Gasteiger partial charge >= 0.3 is 0 Å². The lowest BCUT2D eigenvalue weighted by atomic mass is 9.99. The zero-order valence-corrected chi connectivity index (χ0v) is 13.3. The highest BCUT2D eigenvalue weighted by atomic mass is 32.2. The summed E-state index contributed by atoms with van der Waals surface area (Å²) in [4.78, 5) is 11.8. The van der Waals surface area contributed by atoms with Crippen LogP contribution in [0.15, 0.2) is 33.9 Å². The summed E-state index contributed by atoms with van der Waals surface area (Å²) in [6.07, 6.45) is 3.64. The Balaban J connectivity index is 1.69. The van der Waals surface area contributed by atoms with Gasteiger partial charge in [-0.3, -0.25) is 4.79 Å². The SMILES string of the molecule is CCOc1ccc(-c2nnc(S[C@H]3CCCCC3=O)o2)cc1. The number of nitrogens with zero attached hydrogens (tertiary/aromatic N) is 2. The molecule has 0 radical (unpaired) electrons. The predicted octanol–water partition coefficient (Wildman–Crippen LogP) is 3.74. The topological polar surface area (TPSA) is 65.2 Å². The standard InChI is InChI=1S/C16H18N2O3S/c1-2-20-12-9-7-11(8-10-12)15-17-18-16(21-15)22-14-6-4-3-5-13(14)19/h7-10,14H,2-6H2,1H3/t14-/m0/s1. The Kier molecular flexibility index (Phi) is 4.77. The van der Waals surface area contributed by atoms with Crippen LogP contribution in [-0.2, 0) is 4.79 Å². The van der Waals surface area contributed by atoms with Gasteiger partial charge in [-0.1, -0.05) is 18.2 Å². The van der Waals surface area contributed by atoms with E-state index < -0.39 is 0 Å². The van der Waals surface area contributed by atoms with Crippen molar-refractivity contribution in [1.29, 1.82) is 0 Å². The highest BCUT2D eigenvalue weighted by Gasteiger charge is 2.25. The van der Waals surface area contributed by atoms with Crippen LogP contribution in [0.4, 0.5) is 0 Å². The van der Waals surface area contributed by atoms with Crippen LogP contribution in [0.1, 0.15) is 32.6 Å². The number of hydrogen-bond donors (Lipinski definition) is 0. The average molecular weight is 318 g/mol. The number of aromatic nitrogens is 2. The monoisotopic (exact) mass is 318 g/mol. The Bertz CT molecular complexity index is 639. The van der Waals surface area contributed by atoms with Crippen LogP contribution in [0.5, 0.6) is 5.75 Å². The van der Waals surface area contributed by atoms with Crippen LogP contribution in [0.25, 0.3) is 11.5 Å². The molecule has 1 heterocycles. The van der Waals surface area contributed by atoms with Crippen molar-refractivity contribution in [3.05, 3.63) is 24.3 Å². The minimum atomic E-state index is -0.0395. The quantitative estimate of drug-likeness (QED) is 0.836. The minimum absolute atomic E-state index is 0.0395. The number of hydrogen-bond acceptors (Lipinski definition) is 6. The molecule has 0 aliphatic heterocycles. The minimum Gasteiger partial charge on any atom is -0.494 e. The molecule has 1 fully saturated rings. The van der Waals surface area contributed by atoms with Crippen LogP contribution in [0, 0.1) is 0 Å². The van der Waals surface area contributed by atoms with Gasteiger partial charge in [-0.05, 0) is 44.0 Å². The fourth-order valence-electron chi connectivity index (χ4n) is 2.43. The molecule has 116 valence electrons. The molecule has 1 aromatic heterocycles. The van der Waals surface area contributed by atoms with Gasteiger partial charge in [0.05, 0.1) is 11.9 Å². The highest BCUT2D eigenvalue weighted by molar-refractivity contribution is 8.00. The molecule has 0 bridgehead atoms. The summed E-state index contributed by atoms with van der Waals surface area (Å²) in [6.45, 7) is 2.58. The normalized spacial score (nSPS) is 18.4. The van der Waals surface area contributed by atoms with Gasteiger partial charge in [-0.15, -0.1) is 10.2 Å². The third-order valence-corrected chi connectivity index (χ3v) is 4.71. The Morgan fingerprint density at radius 1 is 1.27 bits per heavy atom. The van der Waals surface area contributed by atoms with Crippen molar-refractivity contribution < 1.29 is 13.9 Å². The van der Waals surface area contributed by atoms with E-state index in [0.717, 1.165) is 30.6 Å². The highest BCUT2D eigenvalue weighted by Crippen LogP contribution is 2.32. The molecular formula is C16H18N2O3S. The number of carbonyl (C=O) groups excluding carboxylic acids is 1. The Hall–Kier alpha value is -1.82. The van der Waals surface area contributed by atoms with E-state index >= 15 is 0 Å². The molecular weight excluding hydrogens is 300 g/mol. The molecule has 0 saturated heterocycles. The number of Topliss-reactive ketones (excluding diaryl/α,β-unsaturated/α-hetero) is 1. The van der Waals surface area contributed by atoms with E-state index in [1.54, 1.807) is 0 Å². The zero-order valence-electron chi connectivity index (χ0n) is 12.4. The number of thioether (sulfide) groups is 1. The second kappa shape index (κ2) is 6.96. The summed E-state index contributed by atoms with van der Waals surface area (Å²) in [7, 11) is 0. The largest absolute Gasteiger partial charge is 0.494 e. The summed E-state index contributed by atoms with van der Waals surface area (Å²) in [5, 5.41) is 8.53. The van der Waals surface area contributed by atoms with Crippen molar-refractivity contribution in [2.75, 3.05) is 6.61 Å². The summed E-state index contributed by atoms with van der Waals surface area (Å²) in [5.41, 5.74) is 0.845. The Morgan fingerprint density at radius 3 is 2.82 bits per heavy atom. The van der Waals surface area contributed by atoms with E-state index in [4.69, 9.17) is 9.15 Å². The molecule has 0 spiro atoms. The number of ketones is 1. The number of rotatable bonds is 5. The maximum absolute atomic E-state index is 11.8. The van der Waals surface area contributed by atoms with E-state index in [-0.39, 0.29) is 11.0 Å². The molecule has 0 N–H and O–H groups in total. The summed E-state index contributed by atoms with van der Waals surface area (Å²) in [6, 6.07) is 7.53. The zero-order chi connectivity index (χ0) is 15.4. The maximum atomic E-state index is 11.8. The summed E-state index contributed by atoms with van der Waals surface area (Å²) >= 11 is 1.38. The molecule has 0 amide bonds. The lowest BCUT2D eigenvalue weighted by molar-refractivity contribution is -0.119. The van der Waals surface area contributed by atoms with Crippen LogP contribution < -0.4 is 4.74 Å². The number of benzene rings is 1. The second-order valence-corrected chi connectivity index (χ2v) is 6.30. The third kappa shape index (κ3) is 3.50. The average Bonchev–Trinajstić information content (AvgIpc) is 2.99. The Morgan fingerprint density at radius 2 is 2.09 bits per heavy atom. The molecule has 6 heteroatoms. The molecule has 1 aromatic carbocycles. The number of ether oxygens (including phenoxy) is 1. The van der Waals surface area contributed by atoms with E-state index in [9.17, 15) is 4.79 Å². The predicted molar refractivity (Wildman–Crippen MR) is 84.0 cm³/mol. The molecule has 1 aliphatic carbocycles. The van der Waals surface area contributed by atoms with Crippen LogP contribution in [0.2, 0.25) is 0 Å². The van der Waals surface area contributed by atoms with Gasteiger partial charge in [0, 0.05) is 12.0 Å². The van der Waals surface area contributed by atoms with E-state index in [1.807, 2.05) is 31.2 Å². The summed E-state index contributed by atoms with van der Waals surface area (Å²) in [5.74, 6) is 1.57. The first-order valence-electron chi connectivity index (χ1n) is 7.52. The lowest BCUT2D eigenvalue weighted by Crippen LogP contribution is -2.21. The summed E-state index contributed by atoms with van der Waals surface area (Å²) < 4.78 is 11.1. The van der Waals surface area contributed by atoms with Crippen molar-refractivity contribution in [3.8, 4) is 17.2 Å². The van der Waals surface area contributed by atoms with Gasteiger partial charge < -0.3 is 9.15 Å². The molecule has 0 unspecified atom stereocenters. The maximum Gasteiger partial charge on any atom is 0.277 e. The molecule has 3 rings (SSSR count). The molecule has 1 aliphatic rings. The fourth-order valence-corrected chi connectivity index (χ4v) is 3.42. The molecule has 1 atom stereocenters. The van der Waals surface area contributed by atoms with Crippen molar-refractivity contribution >= 4 is 17.5 Å². The van der Waals surface area contributed by atoms with Gasteiger partial charge in [0.2, 0.25) is 5.89 Å². The first kappa shape index (κ1) is 15.1. The van der Waals surface area contributed by atoms with E-state index in [2.05, 4.69) is 10.2 Å².